The van der Waals surface area contributed by atoms with Gasteiger partial charge >= 0.3 is 0 Å². The maximum atomic E-state index is 12.1. The Kier molecular flexibility index (Phi) is 3.41. The van der Waals surface area contributed by atoms with E-state index in [0.717, 1.165) is 45.3 Å². The first-order chi connectivity index (χ1) is 9.28. The zero-order valence-corrected chi connectivity index (χ0v) is 12.4. The Bertz CT molecular complexity index is 519. The van der Waals surface area contributed by atoms with E-state index in [1.54, 1.807) is 0 Å². The molecule has 0 atom stereocenters. The number of piperidine rings is 1. The fourth-order valence-electron chi connectivity index (χ4n) is 3.65. The van der Waals surface area contributed by atoms with E-state index < -0.39 is 0 Å². The minimum absolute atomic E-state index is 0. The number of nitrogens with zero attached hydrogens (tertiary/aromatic N) is 1. The highest BCUT2D eigenvalue weighted by Gasteiger charge is 2.43. The molecule has 2 aliphatic heterocycles. The van der Waals surface area contributed by atoms with Crippen LogP contribution >= 0.6 is 12.4 Å². The number of nitrogens with one attached hydrogen (secondary N) is 1. The van der Waals surface area contributed by atoms with Gasteiger partial charge in [0.25, 0.3) is 0 Å². The molecule has 1 saturated carbocycles. The molecular weight excluding hydrogens is 272 g/mol. The Labute approximate surface area is 126 Å². The number of benzene rings is 1. The molecule has 4 rings (SSSR count). The van der Waals surface area contributed by atoms with Crippen LogP contribution in [0.25, 0.3) is 0 Å². The van der Waals surface area contributed by atoms with Crippen LogP contribution in [0.1, 0.15) is 31.2 Å². The van der Waals surface area contributed by atoms with E-state index in [9.17, 15) is 4.79 Å². The summed E-state index contributed by atoms with van der Waals surface area (Å²) in [5.74, 6) is 0.775. The Morgan fingerprint density at radius 1 is 1.20 bits per heavy atom. The maximum Gasteiger partial charge on any atom is 0.225 e. The number of hydrogen-bond donors (Lipinski definition) is 1. The van der Waals surface area contributed by atoms with Gasteiger partial charge in [-0.1, -0.05) is 18.2 Å². The van der Waals surface area contributed by atoms with Gasteiger partial charge in [-0.15, -0.1) is 12.4 Å². The third-order valence-corrected chi connectivity index (χ3v) is 5.07. The number of anilines is 1. The number of fused-ring (bicyclic) bond motifs is 2. The number of carbonyl (C=O) groups excluding carboxylic acids is 1. The van der Waals surface area contributed by atoms with Gasteiger partial charge in [-0.3, -0.25) is 4.79 Å². The van der Waals surface area contributed by atoms with E-state index in [4.69, 9.17) is 0 Å². The van der Waals surface area contributed by atoms with E-state index in [0.29, 0.717) is 11.8 Å². The van der Waals surface area contributed by atoms with Crippen LogP contribution in [-0.2, 0) is 10.2 Å². The molecule has 3 aliphatic rings. The van der Waals surface area contributed by atoms with Gasteiger partial charge < -0.3 is 10.2 Å². The molecule has 2 fully saturated rings. The molecule has 1 saturated heterocycles. The second-order valence-corrected chi connectivity index (χ2v) is 6.28. The molecule has 0 aromatic heterocycles. The van der Waals surface area contributed by atoms with Gasteiger partial charge in [-0.05, 0) is 37.3 Å². The zero-order valence-electron chi connectivity index (χ0n) is 11.6. The molecule has 3 nitrogen and oxygen atoms in total. The third-order valence-electron chi connectivity index (χ3n) is 5.07. The average molecular weight is 293 g/mol. The van der Waals surface area contributed by atoms with Crippen LogP contribution in [0.15, 0.2) is 24.3 Å². The van der Waals surface area contributed by atoms with Gasteiger partial charge in [0.15, 0.2) is 0 Å². The minimum Gasteiger partial charge on any atom is -0.384 e. The molecule has 1 N–H and O–H groups in total. The van der Waals surface area contributed by atoms with Crippen molar-refractivity contribution in [3.63, 3.8) is 0 Å². The van der Waals surface area contributed by atoms with Crippen LogP contribution < -0.4 is 5.32 Å². The number of hydrogen-bond acceptors (Lipinski definition) is 2. The summed E-state index contributed by atoms with van der Waals surface area (Å²) in [5.41, 5.74) is 3.04. The van der Waals surface area contributed by atoms with Crippen molar-refractivity contribution in [2.75, 3.05) is 25.0 Å². The SMILES string of the molecule is Cl.O=C(C1CC1)N1CCC2(CC1)CNc1ccccc12. The highest BCUT2D eigenvalue weighted by molar-refractivity contribution is 5.85. The quantitative estimate of drug-likeness (QED) is 0.863. The molecule has 1 aromatic rings. The van der Waals surface area contributed by atoms with Crippen LogP contribution in [0.3, 0.4) is 0 Å². The molecule has 4 heteroatoms. The van der Waals surface area contributed by atoms with E-state index in [-0.39, 0.29) is 17.8 Å². The largest absolute Gasteiger partial charge is 0.384 e. The molecule has 1 aliphatic carbocycles. The van der Waals surface area contributed by atoms with Crippen LogP contribution in [0.4, 0.5) is 5.69 Å². The van der Waals surface area contributed by atoms with Gasteiger partial charge in [0, 0.05) is 36.7 Å². The Hall–Kier alpha value is -1.22. The van der Waals surface area contributed by atoms with Crippen molar-refractivity contribution in [2.45, 2.75) is 31.1 Å². The topological polar surface area (TPSA) is 32.3 Å². The summed E-state index contributed by atoms with van der Waals surface area (Å²) < 4.78 is 0. The van der Waals surface area contributed by atoms with Crippen molar-refractivity contribution < 1.29 is 4.79 Å². The molecule has 1 aromatic carbocycles. The summed E-state index contributed by atoms with van der Waals surface area (Å²) in [6, 6.07) is 8.66. The lowest BCUT2D eigenvalue weighted by atomic mass is 9.74. The minimum atomic E-state index is 0. The van der Waals surface area contributed by atoms with E-state index in [1.165, 1.54) is 11.3 Å². The number of carbonyl (C=O) groups is 1. The fraction of sp³-hybridized carbons (Fsp3) is 0.562. The molecule has 0 radical (unpaired) electrons. The summed E-state index contributed by atoms with van der Waals surface area (Å²) in [4.78, 5) is 14.2. The lowest BCUT2D eigenvalue weighted by Gasteiger charge is -2.39. The smallest absolute Gasteiger partial charge is 0.225 e. The number of amides is 1. The van der Waals surface area contributed by atoms with E-state index in [1.807, 2.05) is 0 Å². The zero-order chi connectivity index (χ0) is 12.9. The Morgan fingerprint density at radius 3 is 2.60 bits per heavy atom. The van der Waals surface area contributed by atoms with Gasteiger partial charge in [0.2, 0.25) is 5.91 Å². The molecule has 108 valence electrons. The first-order valence-corrected chi connectivity index (χ1v) is 7.41. The number of rotatable bonds is 1. The van der Waals surface area contributed by atoms with E-state index >= 15 is 0 Å². The molecule has 0 bridgehead atoms. The monoisotopic (exact) mass is 292 g/mol. The maximum absolute atomic E-state index is 12.1. The fourth-order valence-corrected chi connectivity index (χ4v) is 3.65. The molecule has 0 unspecified atom stereocenters. The number of likely N-dealkylation sites (tertiary alicyclic amines) is 1. The summed E-state index contributed by atoms with van der Waals surface area (Å²) in [7, 11) is 0. The highest BCUT2D eigenvalue weighted by atomic mass is 35.5. The van der Waals surface area contributed by atoms with Crippen molar-refractivity contribution in [1.29, 1.82) is 0 Å². The standard InChI is InChI=1S/C16H20N2O.ClH/c19-15(12-5-6-12)18-9-7-16(8-10-18)11-17-14-4-2-1-3-13(14)16;/h1-4,12,17H,5-11H2;1H. The highest BCUT2D eigenvalue weighted by Crippen LogP contribution is 2.44. The lowest BCUT2D eigenvalue weighted by molar-refractivity contribution is -0.134. The van der Waals surface area contributed by atoms with Gasteiger partial charge in [-0.2, -0.15) is 0 Å². The van der Waals surface area contributed by atoms with E-state index in [2.05, 4.69) is 34.5 Å². The predicted octanol–water partition coefficient (Wildman–Crippen LogP) is 2.80. The van der Waals surface area contributed by atoms with Crippen LogP contribution in [-0.4, -0.2) is 30.4 Å². The number of para-hydroxylation sites is 1. The Balaban J connectivity index is 0.00000121. The van der Waals surface area contributed by atoms with Crippen molar-refractivity contribution >= 4 is 24.0 Å². The number of halogens is 1. The molecule has 1 spiro atoms. The Morgan fingerprint density at radius 2 is 1.90 bits per heavy atom. The summed E-state index contributed by atoms with van der Waals surface area (Å²) in [6.45, 7) is 2.91. The van der Waals surface area contributed by atoms with Gasteiger partial charge in [-0.25, -0.2) is 0 Å². The second-order valence-electron chi connectivity index (χ2n) is 6.28. The first-order valence-electron chi connectivity index (χ1n) is 7.41. The first kappa shape index (κ1) is 13.7. The van der Waals surface area contributed by atoms with Crippen LogP contribution in [0, 0.1) is 5.92 Å². The third kappa shape index (κ3) is 2.08. The van der Waals surface area contributed by atoms with Crippen molar-refractivity contribution in [2.24, 2.45) is 5.92 Å². The van der Waals surface area contributed by atoms with Crippen molar-refractivity contribution in [1.82, 2.24) is 4.90 Å². The lowest BCUT2D eigenvalue weighted by Crippen LogP contribution is -2.46. The summed E-state index contributed by atoms with van der Waals surface area (Å²) in [5, 5.41) is 3.54. The van der Waals surface area contributed by atoms with Crippen LogP contribution in [0.5, 0.6) is 0 Å². The van der Waals surface area contributed by atoms with Gasteiger partial charge in [0.1, 0.15) is 0 Å². The second kappa shape index (κ2) is 4.96. The molecular formula is C16H21ClN2O. The molecule has 20 heavy (non-hydrogen) atoms. The normalized spacial score (nSPS) is 22.9. The average Bonchev–Trinajstić information content (AvgIpc) is 3.25. The van der Waals surface area contributed by atoms with Crippen molar-refractivity contribution in [3.8, 4) is 0 Å². The summed E-state index contributed by atoms with van der Waals surface area (Å²) in [6.07, 6.45) is 4.45. The molecule has 1 amide bonds. The van der Waals surface area contributed by atoms with Crippen molar-refractivity contribution in [3.05, 3.63) is 29.8 Å². The summed E-state index contributed by atoms with van der Waals surface area (Å²) >= 11 is 0. The predicted molar refractivity (Wildman–Crippen MR) is 82.4 cm³/mol. The van der Waals surface area contributed by atoms with Gasteiger partial charge in [0.05, 0.1) is 0 Å². The van der Waals surface area contributed by atoms with Crippen LogP contribution in [0.2, 0.25) is 0 Å². The molecule has 2 heterocycles.